The molecular formula is C23H22N2OS2. The van der Waals surface area contributed by atoms with E-state index in [-0.39, 0.29) is 0 Å². The van der Waals surface area contributed by atoms with Gasteiger partial charge in [0.05, 0.1) is 28.7 Å². The maximum Gasteiger partial charge on any atom is 0.143 e. The van der Waals surface area contributed by atoms with Crippen molar-refractivity contribution in [3.05, 3.63) is 60.4 Å². The van der Waals surface area contributed by atoms with Crippen molar-refractivity contribution in [2.45, 2.75) is 34.5 Å². The first-order valence-electron chi connectivity index (χ1n) is 9.20. The molecule has 142 valence electrons. The molecule has 4 aromatic rings. The minimum atomic E-state index is 0.350. The first-order valence-corrected chi connectivity index (χ1v) is 11.2. The zero-order valence-corrected chi connectivity index (χ0v) is 18.0. The van der Waals surface area contributed by atoms with Crippen molar-refractivity contribution in [3.63, 3.8) is 0 Å². The number of fused-ring (bicyclic) bond motifs is 2. The molecule has 0 bridgehead atoms. The normalized spacial score (nSPS) is 11.5. The van der Waals surface area contributed by atoms with Crippen LogP contribution in [0.2, 0.25) is 0 Å². The molecule has 28 heavy (non-hydrogen) atoms. The highest BCUT2D eigenvalue weighted by Crippen LogP contribution is 2.46. The Labute approximate surface area is 173 Å². The molecule has 0 saturated heterocycles. The molecule has 0 spiro atoms. The molecule has 0 amide bonds. The number of pyridine rings is 2. The number of nitrogens with zero attached hydrogens (tertiary/aromatic N) is 2. The van der Waals surface area contributed by atoms with Crippen LogP contribution in [0.5, 0.6) is 5.75 Å². The maximum atomic E-state index is 5.81. The van der Waals surface area contributed by atoms with Crippen LogP contribution in [-0.4, -0.2) is 23.3 Å². The number of aromatic nitrogens is 2. The summed E-state index contributed by atoms with van der Waals surface area (Å²) in [5.74, 6) is 1.22. The minimum absolute atomic E-state index is 0.350. The third-order valence-electron chi connectivity index (χ3n) is 4.69. The van der Waals surface area contributed by atoms with E-state index in [0.29, 0.717) is 5.92 Å². The first-order chi connectivity index (χ1) is 13.6. The van der Waals surface area contributed by atoms with Crippen molar-refractivity contribution in [2.75, 3.05) is 13.4 Å². The van der Waals surface area contributed by atoms with Crippen molar-refractivity contribution in [1.29, 1.82) is 0 Å². The Morgan fingerprint density at radius 3 is 2.25 bits per heavy atom. The van der Waals surface area contributed by atoms with E-state index in [4.69, 9.17) is 9.72 Å². The number of benzene rings is 2. The highest BCUT2D eigenvalue weighted by atomic mass is 32.2. The Hall–Kier alpha value is -2.24. The summed E-state index contributed by atoms with van der Waals surface area (Å²) < 4.78 is 5.81. The summed E-state index contributed by atoms with van der Waals surface area (Å²) >= 11 is 3.47. The molecule has 4 rings (SSSR count). The zero-order chi connectivity index (χ0) is 19.7. The molecule has 0 N–H and O–H groups in total. The van der Waals surface area contributed by atoms with Crippen LogP contribution in [0.15, 0.2) is 69.4 Å². The number of hydrogen-bond acceptors (Lipinski definition) is 5. The Kier molecular flexibility index (Phi) is 5.47. The fraction of sp³-hybridized carbons (Fsp3) is 0.217. The molecule has 0 saturated carbocycles. The number of thioether (sulfide) groups is 1. The van der Waals surface area contributed by atoms with Gasteiger partial charge in [-0.05, 0) is 30.4 Å². The summed E-state index contributed by atoms with van der Waals surface area (Å²) in [7, 11) is 1.73. The minimum Gasteiger partial charge on any atom is -0.495 e. The van der Waals surface area contributed by atoms with E-state index >= 15 is 0 Å². The SMILES string of the molecule is COc1c(Sc2c(SC)c(C(C)C)nc3ccccc23)cnc2ccccc12. The van der Waals surface area contributed by atoms with Crippen LogP contribution in [0.3, 0.4) is 0 Å². The Morgan fingerprint density at radius 2 is 1.57 bits per heavy atom. The van der Waals surface area contributed by atoms with Crippen molar-refractivity contribution in [1.82, 2.24) is 9.97 Å². The average molecular weight is 407 g/mol. The predicted octanol–water partition coefficient (Wildman–Crippen LogP) is 6.79. The van der Waals surface area contributed by atoms with Crippen LogP contribution in [0, 0.1) is 0 Å². The molecule has 0 unspecified atom stereocenters. The lowest BCUT2D eigenvalue weighted by Crippen LogP contribution is -1.99. The molecule has 0 aliphatic carbocycles. The number of rotatable bonds is 5. The number of hydrogen-bond donors (Lipinski definition) is 0. The molecule has 2 aromatic carbocycles. The average Bonchev–Trinajstić information content (AvgIpc) is 2.73. The molecule has 5 heteroatoms. The standard InChI is InChI=1S/C23H22N2OS2/c1-14(2)20-23(27-4)22(16-10-6-8-12-18(16)25-20)28-19-13-24-17-11-7-5-9-15(17)21(19)26-3/h5-14H,1-4H3. The van der Waals surface area contributed by atoms with E-state index < -0.39 is 0 Å². The number of para-hydroxylation sites is 2. The largest absolute Gasteiger partial charge is 0.495 e. The molecule has 2 aromatic heterocycles. The first kappa shape index (κ1) is 19.1. The fourth-order valence-electron chi connectivity index (χ4n) is 3.36. The maximum absolute atomic E-state index is 5.81. The molecule has 0 atom stereocenters. The van der Waals surface area contributed by atoms with Crippen LogP contribution in [0.1, 0.15) is 25.5 Å². The third kappa shape index (κ3) is 3.33. The van der Waals surface area contributed by atoms with Gasteiger partial charge in [0.15, 0.2) is 0 Å². The predicted molar refractivity (Wildman–Crippen MR) is 120 cm³/mol. The quantitative estimate of drug-likeness (QED) is 0.341. The highest BCUT2D eigenvalue weighted by molar-refractivity contribution is 8.02. The monoisotopic (exact) mass is 406 g/mol. The Bertz CT molecular complexity index is 1160. The fourth-order valence-corrected chi connectivity index (χ4v) is 5.62. The van der Waals surface area contributed by atoms with Gasteiger partial charge < -0.3 is 4.74 Å². The smallest absolute Gasteiger partial charge is 0.143 e. The van der Waals surface area contributed by atoms with Gasteiger partial charge in [-0.2, -0.15) is 0 Å². The number of ether oxygens (including phenoxy) is 1. The molecule has 2 heterocycles. The summed E-state index contributed by atoms with van der Waals surface area (Å²) in [6.45, 7) is 4.40. The van der Waals surface area contributed by atoms with Crippen LogP contribution >= 0.6 is 23.5 Å². The second-order valence-corrected chi connectivity index (χ2v) is 8.67. The van der Waals surface area contributed by atoms with E-state index in [1.807, 2.05) is 30.5 Å². The van der Waals surface area contributed by atoms with Gasteiger partial charge in [0, 0.05) is 26.8 Å². The molecule has 0 radical (unpaired) electrons. The topological polar surface area (TPSA) is 35.0 Å². The molecule has 0 aliphatic rings. The number of methoxy groups -OCH3 is 1. The molecule has 0 aliphatic heterocycles. The van der Waals surface area contributed by atoms with E-state index in [2.05, 4.69) is 49.4 Å². The van der Waals surface area contributed by atoms with Gasteiger partial charge in [0.2, 0.25) is 0 Å². The van der Waals surface area contributed by atoms with Gasteiger partial charge in [0.25, 0.3) is 0 Å². The van der Waals surface area contributed by atoms with Gasteiger partial charge in [-0.15, -0.1) is 11.8 Å². The lowest BCUT2D eigenvalue weighted by atomic mass is 10.1. The summed E-state index contributed by atoms with van der Waals surface area (Å²) in [6.07, 6.45) is 4.04. The summed E-state index contributed by atoms with van der Waals surface area (Å²) in [5, 5.41) is 2.19. The summed E-state index contributed by atoms with van der Waals surface area (Å²) in [4.78, 5) is 13.1. The van der Waals surface area contributed by atoms with Crippen molar-refractivity contribution >= 4 is 45.3 Å². The molecule has 0 fully saturated rings. The van der Waals surface area contributed by atoms with Crippen molar-refractivity contribution in [2.24, 2.45) is 0 Å². The highest BCUT2D eigenvalue weighted by Gasteiger charge is 2.20. The Morgan fingerprint density at radius 1 is 0.893 bits per heavy atom. The third-order valence-corrected chi connectivity index (χ3v) is 6.78. The van der Waals surface area contributed by atoms with E-state index in [0.717, 1.165) is 38.1 Å². The summed E-state index contributed by atoms with van der Waals surface area (Å²) in [6, 6.07) is 16.4. The van der Waals surface area contributed by atoms with E-state index in [9.17, 15) is 0 Å². The van der Waals surface area contributed by atoms with Crippen LogP contribution < -0.4 is 4.74 Å². The Balaban J connectivity index is 1.96. The van der Waals surface area contributed by atoms with Gasteiger partial charge in [-0.25, -0.2) is 0 Å². The lowest BCUT2D eigenvalue weighted by molar-refractivity contribution is 0.409. The van der Waals surface area contributed by atoms with Crippen molar-refractivity contribution in [3.8, 4) is 5.75 Å². The summed E-state index contributed by atoms with van der Waals surface area (Å²) in [5.41, 5.74) is 3.11. The van der Waals surface area contributed by atoms with Crippen LogP contribution in [-0.2, 0) is 0 Å². The van der Waals surface area contributed by atoms with Crippen LogP contribution in [0.25, 0.3) is 21.8 Å². The van der Waals surface area contributed by atoms with Gasteiger partial charge in [-0.1, -0.05) is 55.9 Å². The van der Waals surface area contributed by atoms with Gasteiger partial charge >= 0.3 is 0 Å². The van der Waals surface area contributed by atoms with Gasteiger partial charge in [0.1, 0.15) is 5.75 Å². The van der Waals surface area contributed by atoms with Crippen LogP contribution in [0.4, 0.5) is 0 Å². The second-order valence-electron chi connectivity index (χ2n) is 6.81. The van der Waals surface area contributed by atoms with E-state index in [1.165, 1.54) is 9.79 Å². The molecule has 3 nitrogen and oxygen atoms in total. The zero-order valence-electron chi connectivity index (χ0n) is 16.4. The van der Waals surface area contributed by atoms with Crippen molar-refractivity contribution < 1.29 is 4.74 Å². The van der Waals surface area contributed by atoms with Gasteiger partial charge in [-0.3, -0.25) is 9.97 Å². The van der Waals surface area contributed by atoms with E-state index in [1.54, 1.807) is 30.6 Å². The lowest BCUT2D eigenvalue weighted by Gasteiger charge is -2.18. The second kappa shape index (κ2) is 8.02. The molecular weight excluding hydrogens is 384 g/mol.